The van der Waals surface area contributed by atoms with Crippen LogP contribution < -0.4 is 4.90 Å². The number of morpholine rings is 1. The fourth-order valence-electron chi connectivity index (χ4n) is 5.20. The van der Waals surface area contributed by atoms with E-state index in [4.69, 9.17) is 9.72 Å². The lowest BCUT2D eigenvalue weighted by Crippen LogP contribution is -2.54. The van der Waals surface area contributed by atoms with Crippen molar-refractivity contribution in [1.82, 2.24) is 19.8 Å². The van der Waals surface area contributed by atoms with Gasteiger partial charge in [0.15, 0.2) is 0 Å². The van der Waals surface area contributed by atoms with E-state index in [-0.39, 0.29) is 23.9 Å². The molecular weight excluding hydrogens is 421 g/mol. The molecule has 3 aliphatic heterocycles. The summed E-state index contributed by atoms with van der Waals surface area (Å²) in [5.74, 6) is 0.590. The summed E-state index contributed by atoms with van der Waals surface area (Å²) >= 11 is 0. The van der Waals surface area contributed by atoms with Crippen LogP contribution in [0.15, 0.2) is 36.5 Å². The molecule has 4 heterocycles. The number of hydrogen-bond acceptors (Lipinski definition) is 6. The fraction of sp³-hybridized carbons (Fsp3) is 0.560. The summed E-state index contributed by atoms with van der Waals surface area (Å²) in [4.78, 5) is 28.4. The Kier molecular flexibility index (Phi) is 6.55. The standard InChI is InChI=1S/C25H32FN5O2/c26-21-6-4-20(5-7-21)16-31-19-25(33-18-23(31)32)9-3-12-29(15-10-25)17-22-8-11-27-24(28-22)30-13-1-2-14-30/h4-8,11H,1-3,9-10,12-19H2/t25-/m1/s1. The van der Waals surface area contributed by atoms with Crippen molar-refractivity contribution in [2.75, 3.05) is 44.2 Å². The number of likely N-dealkylation sites (tertiary alicyclic amines) is 1. The first-order valence-corrected chi connectivity index (χ1v) is 12.0. The molecule has 8 heteroatoms. The summed E-state index contributed by atoms with van der Waals surface area (Å²) in [6.45, 7) is 5.98. The predicted molar refractivity (Wildman–Crippen MR) is 123 cm³/mol. The van der Waals surface area contributed by atoms with Gasteiger partial charge in [-0.05, 0) is 62.4 Å². The molecule has 0 radical (unpaired) electrons. The van der Waals surface area contributed by atoms with Gasteiger partial charge in [-0.3, -0.25) is 9.69 Å². The minimum absolute atomic E-state index is 0.00137. The molecule has 3 fully saturated rings. The molecule has 0 bridgehead atoms. The highest BCUT2D eigenvalue weighted by Crippen LogP contribution is 2.31. The lowest BCUT2D eigenvalue weighted by atomic mass is 9.92. The Hall–Kier alpha value is -2.58. The molecule has 2 aromatic rings. The number of rotatable bonds is 5. The van der Waals surface area contributed by atoms with Gasteiger partial charge in [-0.2, -0.15) is 0 Å². The molecule has 33 heavy (non-hydrogen) atoms. The minimum atomic E-state index is -0.310. The Bertz CT molecular complexity index is 966. The lowest BCUT2D eigenvalue weighted by molar-refractivity contribution is -0.166. The highest BCUT2D eigenvalue weighted by molar-refractivity contribution is 5.78. The molecule has 5 rings (SSSR count). The van der Waals surface area contributed by atoms with Gasteiger partial charge in [-0.1, -0.05) is 12.1 Å². The smallest absolute Gasteiger partial charge is 0.248 e. The van der Waals surface area contributed by atoms with Gasteiger partial charge in [0.2, 0.25) is 11.9 Å². The van der Waals surface area contributed by atoms with Gasteiger partial charge in [0.25, 0.3) is 0 Å². The van der Waals surface area contributed by atoms with Crippen molar-refractivity contribution in [2.45, 2.75) is 50.8 Å². The second-order valence-electron chi connectivity index (χ2n) is 9.52. The van der Waals surface area contributed by atoms with E-state index in [9.17, 15) is 9.18 Å². The molecule has 0 aliphatic carbocycles. The first-order valence-electron chi connectivity index (χ1n) is 12.0. The number of carbonyl (C=O) groups is 1. The maximum Gasteiger partial charge on any atom is 0.248 e. The number of ether oxygens (including phenoxy) is 1. The number of nitrogens with zero attached hydrogens (tertiary/aromatic N) is 5. The van der Waals surface area contributed by atoms with E-state index in [2.05, 4.69) is 14.8 Å². The van der Waals surface area contributed by atoms with Crippen LogP contribution in [0.5, 0.6) is 0 Å². The van der Waals surface area contributed by atoms with Crippen LogP contribution in [0.3, 0.4) is 0 Å². The second kappa shape index (κ2) is 9.73. The van der Waals surface area contributed by atoms with Crippen molar-refractivity contribution in [2.24, 2.45) is 0 Å². The summed E-state index contributed by atoms with van der Waals surface area (Å²) in [5, 5.41) is 0. The maximum absolute atomic E-state index is 13.3. The predicted octanol–water partition coefficient (Wildman–Crippen LogP) is 3.00. The Balaban J connectivity index is 1.21. The third-order valence-corrected chi connectivity index (χ3v) is 7.09. The van der Waals surface area contributed by atoms with Crippen LogP contribution in [0.4, 0.5) is 10.3 Å². The van der Waals surface area contributed by atoms with Gasteiger partial charge < -0.3 is 14.5 Å². The topological polar surface area (TPSA) is 61.8 Å². The number of hydrogen-bond donors (Lipinski definition) is 0. The van der Waals surface area contributed by atoms with Crippen LogP contribution in [0.25, 0.3) is 0 Å². The molecule has 1 aromatic heterocycles. The zero-order valence-corrected chi connectivity index (χ0v) is 19.1. The maximum atomic E-state index is 13.3. The van der Waals surface area contributed by atoms with E-state index in [1.807, 2.05) is 17.2 Å². The van der Waals surface area contributed by atoms with E-state index in [0.717, 1.165) is 69.2 Å². The summed E-state index contributed by atoms with van der Waals surface area (Å²) in [6, 6.07) is 8.40. The van der Waals surface area contributed by atoms with Crippen molar-refractivity contribution in [1.29, 1.82) is 0 Å². The Morgan fingerprint density at radius 2 is 1.79 bits per heavy atom. The summed E-state index contributed by atoms with van der Waals surface area (Å²) in [7, 11) is 0. The molecule has 176 valence electrons. The summed E-state index contributed by atoms with van der Waals surface area (Å²) < 4.78 is 19.4. The van der Waals surface area contributed by atoms with Crippen LogP contribution >= 0.6 is 0 Å². The zero-order chi connectivity index (χ0) is 22.7. The molecule has 7 nitrogen and oxygen atoms in total. The van der Waals surface area contributed by atoms with E-state index in [1.54, 1.807) is 12.1 Å². The highest BCUT2D eigenvalue weighted by atomic mass is 19.1. The lowest BCUT2D eigenvalue weighted by Gasteiger charge is -2.42. The number of amides is 1. The van der Waals surface area contributed by atoms with Crippen molar-refractivity contribution >= 4 is 11.9 Å². The first-order chi connectivity index (χ1) is 16.1. The molecule has 1 spiro atoms. The van der Waals surface area contributed by atoms with Gasteiger partial charge in [0, 0.05) is 38.9 Å². The fourth-order valence-corrected chi connectivity index (χ4v) is 5.20. The number of halogens is 1. The Morgan fingerprint density at radius 1 is 0.970 bits per heavy atom. The molecule has 0 saturated carbocycles. The average Bonchev–Trinajstić information content (AvgIpc) is 3.30. The Labute approximate surface area is 194 Å². The minimum Gasteiger partial charge on any atom is -0.363 e. The van der Waals surface area contributed by atoms with Gasteiger partial charge in [-0.25, -0.2) is 14.4 Å². The number of anilines is 1. The van der Waals surface area contributed by atoms with Crippen molar-refractivity contribution < 1.29 is 13.9 Å². The normalized spacial score (nSPS) is 24.5. The van der Waals surface area contributed by atoms with Crippen LogP contribution in [0.1, 0.15) is 43.4 Å². The molecule has 3 saturated heterocycles. The molecular formula is C25H32FN5O2. The molecule has 3 aliphatic rings. The van der Waals surface area contributed by atoms with Gasteiger partial charge >= 0.3 is 0 Å². The van der Waals surface area contributed by atoms with E-state index < -0.39 is 0 Å². The van der Waals surface area contributed by atoms with Crippen molar-refractivity contribution in [3.05, 3.63) is 53.6 Å². The summed E-state index contributed by atoms with van der Waals surface area (Å²) in [5.41, 5.74) is 1.69. The zero-order valence-electron chi connectivity index (χ0n) is 19.1. The van der Waals surface area contributed by atoms with Crippen molar-refractivity contribution in [3.8, 4) is 0 Å². The molecule has 1 aromatic carbocycles. The largest absolute Gasteiger partial charge is 0.363 e. The van der Waals surface area contributed by atoms with Gasteiger partial charge in [0.05, 0.1) is 17.8 Å². The number of carbonyl (C=O) groups excluding carboxylic acids is 1. The van der Waals surface area contributed by atoms with E-state index >= 15 is 0 Å². The first kappa shape index (κ1) is 22.2. The van der Waals surface area contributed by atoms with Crippen LogP contribution in [-0.4, -0.2) is 70.6 Å². The number of benzene rings is 1. The highest BCUT2D eigenvalue weighted by Gasteiger charge is 2.40. The van der Waals surface area contributed by atoms with E-state index in [1.165, 1.54) is 25.0 Å². The summed E-state index contributed by atoms with van der Waals surface area (Å²) in [6.07, 6.45) is 7.12. The second-order valence-corrected chi connectivity index (χ2v) is 9.52. The molecule has 1 atom stereocenters. The van der Waals surface area contributed by atoms with Crippen LogP contribution in [-0.2, 0) is 22.6 Å². The molecule has 1 amide bonds. The SMILES string of the molecule is O=C1CO[C@@]2(CCCN(Cc3ccnc(N4CCCC4)n3)CC2)CN1Cc1ccc(F)cc1. The number of aromatic nitrogens is 2. The Morgan fingerprint density at radius 3 is 2.61 bits per heavy atom. The van der Waals surface area contributed by atoms with E-state index in [0.29, 0.717) is 13.1 Å². The van der Waals surface area contributed by atoms with Crippen LogP contribution in [0, 0.1) is 5.82 Å². The quantitative estimate of drug-likeness (QED) is 0.694. The third-order valence-electron chi connectivity index (χ3n) is 7.09. The molecule has 0 unspecified atom stereocenters. The molecule has 0 N–H and O–H groups in total. The van der Waals surface area contributed by atoms with Gasteiger partial charge in [-0.15, -0.1) is 0 Å². The average molecular weight is 454 g/mol. The van der Waals surface area contributed by atoms with Gasteiger partial charge in [0.1, 0.15) is 12.4 Å². The van der Waals surface area contributed by atoms with Crippen molar-refractivity contribution in [3.63, 3.8) is 0 Å². The third kappa shape index (κ3) is 5.33. The monoisotopic (exact) mass is 453 g/mol. The van der Waals surface area contributed by atoms with Crippen LogP contribution in [0.2, 0.25) is 0 Å².